The third-order valence-corrected chi connectivity index (χ3v) is 6.45. The molecule has 0 radical (unpaired) electrons. The normalized spacial score (nSPS) is 12.6. The molecule has 0 aliphatic rings. The molecule has 210 valence electrons. The van der Waals surface area contributed by atoms with Crippen LogP contribution in [0.15, 0.2) is 29.3 Å². The largest absolute Gasteiger partial charge is 0.481 e. The van der Waals surface area contributed by atoms with Crippen molar-refractivity contribution in [1.82, 2.24) is 14.9 Å². The van der Waals surface area contributed by atoms with Gasteiger partial charge in [-0.25, -0.2) is 13.1 Å². The van der Waals surface area contributed by atoms with Crippen LogP contribution in [-0.4, -0.2) is 86.6 Å². The summed E-state index contributed by atoms with van der Waals surface area (Å²) in [5.41, 5.74) is 16.1. The molecule has 0 heterocycles. The maximum absolute atomic E-state index is 12.9. The lowest BCUT2D eigenvalue weighted by Crippen LogP contribution is -2.51. The first-order chi connectivity index (χ1) is 17.7. The lowest BCUT2D eigenvalue weighted by atomic mass is 10.1. The number of carboxylic acid groups (broad SMARTS) is 1. The molecule has 1 aromatic rings. The Morgan fingerprint density at radius 1 is 1.11 bits per heavy atom. The molecule has 1 aromatic carbocycles. The monoisotopic (exact) mass is 555 g/mol. The summed E-state index contributed by atoms with van der Waals surface area (Å²) in [6.45, 7) is -0.265. The predicted octanol–water partition coefficient (Wildman–Crippen LogP) is -2.37. The van der Waals surface area contributed by atoms with E-state index in [0.717, 1.165) is 4.90 Å². The van der Waals surface area contributed by atoms with Crippen molar-refractivity contribution >= 4 is 46.0 Å². The molecule has 0 spiro atoms. The number of likely N-dealkylation sites (N-methyl/N-ethyl adjacent to an activating group) is 1. The van der Waals surface area contributed by atoms with E-state index in [1.54, 1.807) is 0 Å². The molecule has 2 atom stereocenters. The van der Waals surface area contributed by atoms with Crippen LogP contribution in [0.5, 0.6) is 0 Å². The molecule has 3 amide bonds. The molecule has 0 fully saturated rings. The van der Waals surface area contributed by atoms with E-state index in [1.165, 1.54) is 31.3 Å². The van der Waals surface area contributed by atoms with Crippen molar-refractivity contribution in [1.29, 1.82) is 0 Å². The Morgan fingerprint density at radius 3 is 2.26 bits per heavy atom. The van der Waals surface area contributed by atoms with Gasteiger partial charge in [0.05, 0.1) is 18.3 Å². The molecule has 0 unspecified atom stereocenters. The number of aliphatic carboxylic acids is 1. The topological polar surface area (TPSA) is 257 Å². The Morgan fingerprint density at radius 2 is 1.74 bits per heavy atom. The van der Waals surface area contributed by atoms with Gasteiger partial charge in [0.1, 0.15) is 12.3 Å². The molecule has 0 saturated heterocycles. The van der Waals surface area contributed by atoms with Crippen molar-refractivity contribution in [3.63, 3.8) is 0 Å². The SMILES string of the molecule is CN(CC(=O)N[C@H](C=O)CCCN=C(N)N)C(=O)[C@H](CCC(=O)O)NS(=O)(=O)Cc1ccc(C(N)=O)cc1. The maximum Gasteiger partial charge on any atom is 0.303 e. The van der Waals surface area contributed by atoms with Crippen molar-refractivity contribution in [2.45, 2.75) is 43.5 Å². The average Bonchev–Trinajstić information content (AvgIpc) is 2.82. The highest BCUT2D eigenvalue weighted by atomic mass is 32.2. The molecular formula is C22H33N7O8S. The predicted molar refractivity (Wildman–Crippen MR) is 137 cm³/mol. The molecule has 0 aromatic heterocycles. The van der Waals surface area contributed by atoms with E-state index >= 15 is 0 Å². The number of hydrogen-bond donors (Lipinski definition) is 6. The van der Waals surface area contributed by atoms with E-state index in [2.05, 4.69) is 15.0 Å². The summed E-state index contributed by atoms with van der Waals surface area (Å²) in [6, 6.07) is 3.12. The van der Waals surface area contributed by atoms with Gasteiger partial charge in [0.15, 0.2) is 5.96 Å². The fourth-order valence-corrected chi connectivity index (χ4v) is 4.62. The number of sulfonamides is 1. The smallest absolute Gasteiger partial charge is 0.303 e. The molecule has 0 bridgehead atoms. The van der Waals surface area contributed by atoms with Crippen molar-refractivity contribution in [3.8, 4) is 0 Å². The number of carbonyl (C=O) groups is 5. The minimum absolute atomic E-state index is 0.106. The van der Waals surface area contributed by atoms with Gasteiger partial charge in [0, 0.05) is 25.6 Å². The summed E-state index contributed by atoms with van der Waals surface area (Å²) in [5, 5.41) is 11.5. The highest BCUT2D eigenvalue weighted by molar-refractivity contribution is 7.88. The first kappa shape index (κ1) is 32.0. The first-order valence-corrected chi connectivity index (χ1v) is 13.0. The Kier molecular flexibility index (Phi) is 12.8. The van der Waals surface area contributed by atoms with Gasteiger partial charge in [-0.15, -0.1) is 0 Å². The number of carbonyl (C=O) groups excluding carboxylic acids is 4. The molecule has 1 rings (SSSR count). The number of aliphatic imine (C=N–C) groups is 1. The molecule has 0 saturated carbocycles. The number of nitrogens with zero attached hydrogens (tertiary/aromatic N) is 2. The van der Waals surface area contributed by atoms with E-state index < -0.39 is 64.5 Å². The van der Waals surface area contributed by atoms with Crippen LogP contribution in [0.2, 0.25) is 0 Å². The van der Waals surface area contributed by atoms with E-state index in [-0.39, 0.29) is 30.9 Å². The van der Waals surface area contributed by atoms with E-state index in [4.69, 9.17) is 22.3 Å². The molecule has 0 aliphatic heterocycles. The second-order valence-electron chi connectivity index (χ2n) is 8.38. The van der Waals surface area contributed by atoms with Gasteiger partial charge in [-0.1, -0.05) is 12.1 Å². The zero-order valence-corrected chi connectivity index (χ0v) is 21.6. The summed E-state index contributed by atoms with van der Waals surface area (Å²) in [4.78, 5) is 63.5. The molecule has 38 heavy (non-hydrogen) atoms. The van der Waals surface area contributed by atoms with Gasteiger partial charge >= 0.3 is 5.97 Å². The van der Waals surface area contributed by atoms with E-state index in [0.29, 0.717) is 18.3 Å². The fraction of sp³-hybridized carbons (Fsp3) is 0.455. The lowest BCUT2D eigenvalue weighted by Gasteiger charge is -2.24. The maximum atomic E-state index is 12.9. The minimum atomic E-state index is -4.15. The summed E-state index contributed by atoms with van der Waals surface area (Å²) in [5.74, 6) is -4.13. The second kappa shape index (κ2) is 15.3. The van der Waals surface area contributed by atoms with E-state index in [1.807, 2.05) is 0 Å². The Hall–Kier alpha value is -4.05. The number of hydrogen-bond acceptors (Lipinski definition) is 8. The van der Waals surface area contributed by atoms with Crippen LogP contribution in [0, 0.1) is 0 Å². The number of guanidine groups is 1. The molecule has 9 N–H and O–H groups in total. The summed E-state index contributed by atoms with van der Waals surface area (Å²) >= 11 is 0. The average molecular weight is 556 g/mol. The number of nitrogens with one attached hydrogen (secondary N) is 2. The van der Waals surface area contributed by atoms with Gasteiger partial charge in [-0.2, -0.15) is 0 Å². The summed E-state index contributed by atoms with van der Waals surface area (Å²) in [7, 11) is -2.91. The van der Waals surface area contributed by atoms with Crippen LogP contribution < -0.4 is 27.2 Å². The highest BCUT2D eigenvalue weighted by Crippen LogP contribution is 2.11. The minimum Gasteiger partial charge on any atom is -0.481 e. The van der Waals surface area contributed by atoms with Gasteiger partial charge in [0.2, 0.25) is 27.7 Å². The summed E-state index contributed by atoms with van der Waals surface area (Å²) < 4.78 is 27.6. The van der Waals surface area contributed by atoms with Gasteiger partial charge < -0.3 is 37.3 Å². The van der Waals surface area contributed by atoms with Crippen LogP contribution in [-0.2, 0) is 35.0 Å². The van der Waals surface area contributed by atoms with Crippen molar-refractivity contribution < 1.29 is 37.5 Å². The Labute approximate surface area is 219 Å². The lowest BCUT2D eigenvalue weighted by molar-refractivity contribution is -0.139. The molecule has 15 nitrogen and oxygen atoms in total. The fourth-order valence-electron chi connectivity index (χ4n) is 3.25. The van der Waals surface area contributed by atoms with Crippen molar-refractivity contribution in [2.75, 3.05) is 20.1 Å². The summed E-state index contributed by atoms with van der Waals surface area (Å²) in [6.07, 6.45) is 0.276. The van der Waals surface area contributed by atoms with Gasteiger partial charge in [-0.3, -0.25) is 24.2 Å². The van der Waals surface area contributed by atoms with Gasteiger partial charge in [0.25, 0.3) is 0 Å². The highest BCUT2D eigenvalue weighted by Gasteiger charge is 2.29. The second-order valence-corrected chi connectivity index (χ2v) is 10.1. The quantitative estimate of drug-likeness (QED) is 0.0515. The number of aldehydes is 1. The van der Waals surface area contributed by atoms with Crippen LogP contribution in [0.1, 0.15) is 41.6 Å². The Balaban J connectivity index is 2.84. The Bertz CT molecular complexity index is 1130. The molecule has 0 aliphatic carbocycles. The van der Waals surface area contributed by atoms with Gasteiger partial charge in [-0.05, 0) is 37.0 Å². The number of nitrogens with two attached hydrogens (primary N) is 3. The third-order valence-electron chi connectivity index (χ3n) is 5.10. The van der Waals surface area contributed by atoms with Crippen LogP contribution in [0.3, 0.4) is 0 Å². The third kappa shape index (κ3) is 12.3. The van der Waals surface area contributed by atoms with Crippen molar-refractivity contribution in [3.05, 3.63) is 35.4 Å². The van der Waals surface area contributed by atoms with Crippen LogP contribution in [0.4, 0.5) is 0 Å². The number of carboxylic acids is 1. The standard InChI is InChI=1S/C22H33N7O8S/c1-29(11-18(31)27-16(12-30)3-2-10-26-22(24)25)21(35)17(8-9-19(32)33)28-38(36,37)13-14-4-6-15(7-5-14)20(23)34/h4-7,12,16-17,28H,2-3,8-11,13H2,1H3,(H2,23,34)(H,27,31)(H,32,33)(H4,24,25,26)/t16-,17-/m0/s1. The number of primary amides is 1. The zero-order chi connectivity index (χ0) is 28.9. The van der Waals surface area contributed by atoms with Crippen LogP contribution >= 0.6 is 0 Å². The zero-order valence-electron chi connectivity index (χ0n) is 20.8. The first-order valence-electron chi connectivity index (χ1n) is 11.4. The van der Waals surface area contributed by atoms with Crippen LogP contribution in [0.25, 0.3) is 0 Å². The number of benzene rings is 1. The molecule has 16 heteroatoms. The molecular weight excluding hydrogens is 522 g/mol. The van der Waals surface area contributed by atoms with E-state index in [9.17, 15) is 32.4 Å². The van der Waals surface area contributed by atoms with Crippen molar-refractivity contribution in [2.24, 2.45) is 22.2 Å². The number of amides is 3. The number of rotatable bonds is 17.